The van der Waals surface area contributed by atoms with Crippen molar-refractivity contribution in [2.45, 2.75) is 38.1 Å². The summed E-state index contributed by atoms with van der Waals surface area (Å²) in [5.74, 6) is -2.02. The van der Waals surface area contributed by atoms with Crippen molar-refractivity contribution in [3.8, 4) is 10.6 Å². The van der Waals surface area contributed by atoms with E-state index in [9.17, 15) is 24.3 Å². The molecule has 9 heteroatoms. The smallest absolute Gasteiger partial charge is 0.341 e. The highest BCUT2D eigenvalue weighted by atomic mass is 32.1. The summed E-state index contributed by atoms with van der Waals surface area (Å²) in [6.07, 6.45) is 5.37. The lowest BCUT2D eigenvalue weighted by molar-refractivity contribution is 0.0695. The predicted octanol–water partition coefficient (Wildman–Crippen LogP) is 3.81. The summed E-state index contributed by atoms with van der Waals surface area (Å²) in [6, 6.07) is 2.92. The number of aromatic nitrogens is 2. The molecule has 3 aromatic rings. The van der Waals surface area contributed by atoms with E-state index in [0.29, 0.717) is 22.7 Å². The number of oxime groups is 1. The average Bonchev–Trinajstić information content (AvgIpc) is 3.45. The van der Waals surface area contributed by atoms with Crippen LogP contribution in [0.15, 0.2) is 28.3 Å². The summed E-state index contributed by atoms with van der Waals surface area (Å²) < 4.78 is 16.7. The zero-order chi connectivity index (χ0) is 20.3. The van der Waals surface area contributed by atoms with Crippen LogP contribution in [-0.2, 0) is 6.42 Å². The predicted molar refractivity (Wildman–Crippen MR) is 106 cm³/mol. The van der Waals surface area contributed by atoms with Crippen molar-refractivity contribution in [3.63, 3.8) is 0 Å². The topological polar surface area (TPSA) is 105 Å². The van der Waals surface area contributed by atoms with E-state index in [0.717, 1.165) is 42.2 Å². The third-order valence-electron chi connectivity index (χ3n) is 5.42. The minimum atomic E-state index is -1.34. The van der Waals surface area contributed by atoms with Crippen LogP contribution >= 0.6 is 11.3 Å². The van der Waals surface area contributed by atoms with Gasteiger partial charge in [0.25, 0.3) is 0 Å². The first kappa shape index (κ1) is 18.0. The number of nitrogens with zero attached hydrogens (tertiary/aromatic N) is 3. The Bertz CT molecular complexity index is 1270. The van der Waals surface area contributed by atoms with E-state index in [4.69, 9.17) is 0 Å². The molecule has 2 aliphatic rings. The van der Waals surface area contributed by atoms with Crippen LogP contribution in [0.3, 0.4) is 0 Å². The molecule has 0 saturated heterocycles. The van der Waals surface area contributed by atoms with E-state index < -0.39 is 17.2 Å². The maximum absolute atomic E-state index is 15.0. The largest absolute Gasteiger partial charge is 0.477 e. The lowest BCUT2D eigenvalue weighted by Crippen LogP contribution is -2.19. The van der Waals surface area contributed by atoms with Gasteiger partial charge < -0.3 is 14.9 Å². The van der Waals surface area contributed by atoms with Gasteiger partial charge in [-0.25, -0.2) is 14.2 Å². The van der Waals surface area contributed by atoms with Gasteiger partial charge in [-0.1, -0.05) is 5.16 Å². The van der Waals surface area contributed by atoms with Crippen LogP contribution in [0.5, 0.6) is 0 Å². The molecular weight excluding hydrogens is 397 g/mol. The van der Waals surface area contributed by atoms with Crippen LogP contribution in [0.4, 0.5) is 4.39 Å². The second kappa shape index (κ2) is 6.48. The Labute approximate surface area is 167 Å². The van der Waals surface area contributed by atoms with E-state index in [1.807, 2.05) is 0 Å². The van der Waals surface area contributed by atoms with Crippen LogP contribution in [0.25, 0.3) is 21.6 Å². The Morgan fingerprint density at radius 2 is 2.10 bits per heavy atom. The number of thiophene rings is 1. The molecule has 0 spiro atoms. The quantitative estimate of drug-likeness (QED) is 0.502. The van der Waals surface area contributed by atoms with Crippen molar-refractivity contribution in [2.24, 2.45) is 5.16 Å². The summed E-state index contributed by atoms with van der Waals surface area (Å²) in [7, 11) is 0. The van der Waals surface area contributed by atoms with E-state index in [-0.39, 0.29) is 22.7 Å². The summed E-state index contributed by atoms with van der Waals surface area (Å²) in [4.78, 5) is 30.1. The highest BCUT2D eigenvalue weighted by Gasteiger charge is 2.29. The summed E-state index contributed by atoms with van der Waals surface area (Å²) in [5.41, 5.74) is 0.681. The maximum Gasteiger partial charge on any atom is 0.341 e. The molecule has 3 heterocycles. The number of carbonyl (C=O) groups is 1. The van der Waals surface area contributed by atoms with E-state index >= 15 is 0 Å². The Kier molecular flexibility index (Phi) is 4.02. The number of hydrogen-bond acceptors (Lipinski definition) is 6. The molecule has 0 atom stereocenters. The number of rotatable bonds is 3. The summed E-state index contributed by atoms with van der Waals surface area (Å²) in [5, 5.41) is 21.9. The van der Waals surface area contributed by atoms with Crippen LogP contribution in [-0.4, -0.2) is 31.5 Å². The van der Waals surface area contributed by atoms with Gasteiger partial charge in [-0.05, 0) is 44.2 Å². The summed E-state index contributed by atoms with van der Waals surface area (Å²) in [6.45, 7) is 0. The third-order valence-corrected chi connectivity index (χ3v) is 6.62. The zero-order valence-corrected chi connectivity index (χ0v) is 16.0. The average molecular weight is 413 g/mol. The Morgan fingerprint density at radius 1 is 1.31 bits per heavy atom. The fraction of sp³-hybridized carbons (Fsp3) is 0.300. The minimum absolute atomic E-state index is 0.0306. The van der Waals surface area contributed by atoms with Gasteiger partial charge in [0.2, 0.25) is 5.43 Å². The van der Waals surface area contributed by atoms with Crippen molar-refractivity contribution in [2.75, 3.05) is 0 Å². The Balaban J connectivity index is 1.75. The first-order chi connectivity index (χ1) is 14.0. The highest BCUT2D eigenvalue weighted by molar-refractivity contribution is 7.15. The van der Waals surface area contributed by atoms with Gasteiger partial charge in [0.05, 0.1) is 16.0 Å². The minimum Gasteiger partial charge on any atom is -0.477 e. The van der Waals surface area contributed by atoms with Gasteiger partial charge in [-0.2, -0.15) is 0 Å². The SMILES string of the molecule is O=C(O)c1cn(C2CC2)c2nc(-c3cc4c(s3)CCC/C4=N/O)c(F)cc2c1=O. The molecule has 0 bridgehead atoms. The molecule has 0 radical (unpaired) electrons. The number of aromatic carboxylic acids is 1. The second-order valence-corrected chi connectivity index (χ2v) is 8.49. The number of fused-ring (bicyclic) bond motifs is 2. The standard InChI is InChI=1S/C20H16FN3O4S/c21-13-6-11-18(25)12(20(26)27)8-24(9-4-5-9)19(11)22-17(13)16-7-10-14(23-28)2-1-3-15(10)29-16/h6-9,28H,1-5H2,(H,26,27)/b23-14-. The lowest BCUT2D eigenvalue weighted by atomic mass is 9.97. The van der Waals surface area contributed by atoms with Gasteiger partial charge in [-0.15, -0.1) is 11.3 Å². The Hall–Kier alpha value is -3.07. The molecule has 1 fully saturated rings. The van der Waals surface area contributed by atoms with Crippen LogP contribution in [0.2, 0.25) is 0 Å². The second-order valence-electron chi connectivity index (χ2n) is 7.35. The van der Waals surface area contributed by atoms with Crippen LogP contribution in [0.1, 0.15) is 52.5 Å². The van der Waals surface area contributed by atoms with Crippen molar-refractivity contribution < 1.29 is 19.5 Å². The third kappa shape index (κ3) is 2.84. The molecule has 7 nitrogen and oxygen atoms in total. The molecule has 3 aromatic heterocycles. The van der Waals surface area contributed by atoms with Crippen LogP contribution in [0, 0.1) is 5.82 Å². The fourth-order valence-electron chi connectivity index (χ4n) is 3.83. The van der Waals surface area contributed by atoms with Crippen molar-refractivity contribution >= 4 is 34.1 Å². The van der Waals surface area contributed by atoms with E-state index in [1.54, 1.807) is 10.6 Å². The highest BCUT2D eigenvalue weighted by Crippen LogP contribution is 2.39. The molecule has 2 N–H and O–H groups in total. The molecule has 0 amide bonds. The number of pyridine rings is 2. The Morgan fingerprint density at radius 3 is 2.79 bits per heavy atom. The number of carboxylic acids is 1. The first-order valence-corrected chi connectivity index (χ1v) is 10.1. The molecule has 148 valence electrons. The van der Waals surface area contributed by atoms with E-state index in [2.05, 4.69) is 10.1 Å². The fourth-order valence-corrected chi connectivity index (χ4v) is 5.05. The first-order valence-electron chi connectivity index (χ1n) is 9.31. The number of halogens is 1. The molecule has 2 aliphatic carbocycles. The van der Waals surface area contributed by atoms with Gasteiger partial charge in [-0.3, -0.25) is 4.79 Å². The van der Waals surface area contributed by atoms with Gasteiger partial charge in [0.1, 0.15) is 16.9 Å². The monoisotopic (exact) mass is 413 g/mol. The summed E-state index contributed by atoms with van der Waals surface area (Å²) >= 11 is 1.40. The van der Waals surface area contributed by atoms with Gasteiger partial charge in [0.15, 0.2) is 5.82 Å². The lowest BCUT2D eigenvalue weighted by Gasteiger charge is -2.12. The number of aryl methyl sites for hydroxylation is 1. The zero-order valence-electron chi connectivity index (χ0n) is 15.2. The molecule has 1 saturated carbocycles. The molecule has 29 heavy (non-hydrogen) atoms. The van der Waals surface area contributed by atoms with Crippen molar-refractivity contribution in [1.29, 1.82) is 0 Å². The molecule has 0 aliphatic heterocycles. The number of hydrogen-bond donors (Lipinski definition) is 2. The van der Waals surface area contributed by atoms with E-state index in [1.165, 1.54) is 17.5 Å². The van der Waals surface area contributed by atoms with Crippen LogP contribution < -0.4 is 5.43 Å². The number of carboxylic acid groups (broad SMARTS) is 1. The normalized spacial score (nSPS) is 17.6. The van der Waals surface area contributed by atoms with Crippen molar-refractivity contribution in [3.05, 3.63) is 50.4 Å². The molecular formula is C20H16FN3O4S. The van der Waals surface area contributed by atoms with Crippen molar-refractivity contribution in [1.82, 2.24) is 9.55 Å². The molecule has 5 rings (SSSR count). The molecule has 0 aromatic carbocycles. The maximum atomic E-state index is 15.0. The molecule has 0 unspecified atom stereocenters. The van der Waals surface area contributed by atoms with Gasteiger partial charge >= 0.3 is 5.97 Å². The van der Waals surface area contributed by atoms with Gasteiger partial charge in [0, 0.05) is 22.7 Å².